The van der Waals surface area contributed by atoms with Crippen LogP contribution in [0.4, 0.5) is 0 Å². The molecule has 1 rings (SSSR count). The molecule has 0 aliphatic heterocycles. The van der Waals surface area contributed by atoms with Gasteiger partial charge in [-0.1, -0.05) is 31.2 Å². The van der Waals surface area contributed by atoms with Crippen LogP contribution in [0.5, 0.6) is 0 Å². The van der Waals surface area contributed by atoms with Crippen LogP contribution in [0.3, 0.4) is 0 Å². The Hall–Kier alpha value is -0.900. The molecule has 0 fully saturated rings. The molecule has 3 heteroatoms. The number of hydrogen-bond donors (Lipinski definition) is 1. The zero-order valence-electron chi connectivity index (χ0n) is 12.4. The molecule has 0 amide bonds. The maximum Gasteiger partial charge on any atom is 0.0664 e. The van der Waals surface area contributed by atoms with Crippen molar-refractivity contribution >= 4 is 0 Å². The molecule has 0 heterocycles. The van der Waals surface area contributed by atoms with Gasteiger partial charge in [0.25, 0.3) is 0 Å². The fraction of sp³-hybridized carbons (Fsp3) is 0.625. The predicted molar refractivity (Wildman–Crippen MR) is 79.2 cm³/mol. The Labute approximate surface area is 117 Å². The van der Waals surface area contributed by atoms with Crippen LogP contribution in [0.1, 0.15) is 30.9 Å². The van der Waals surface area contributed by atoms with Gasteiger partial charge in [-0.05, 0) is 30.9 Å². The van der Waals surface area contributed by atoms with Crippen LogP contribution in [-0.2, 0) is 11.3 Å². The van der Waals surface area contributed by atoms with Crippen molar-refractivity contribution in [2.24, 2.45) is 0 Å². The molecule has 0 aliphatic carbocycles. The van der Waals surface area contributed by atoms with Crippen molar-refractivity contribution in [1.29, 1.82) is 0 Å². The second-order valence-corrected chi connectivity index (χ2v) is 5.07. The molecule has 19 heavy (non-hydrogen) atoms. The summed E-state index contributed by atoms with van der Waals surface area (Å²) >= 11 is 0. The zero-order chi connectivity index (χ0) is 14.1. The summed E-state index contributed by atoms with van der Waals surface area (Å²) in [6.45, 7) is 7.51. The summed E-state index contributed by atoms with van der Waals surface area (Å²) in [6.07, 6.45) is 1.56. The van der Waals surface area contributed by atoms with Gasteiger partial charge in [0.2, 0.25) is 0 Å². The summed E-state index contributed by atoms with van der Waals surface area (Å²) in [5, 5.41) is 9.86. The molecule has 1 N–H and O–H groups in total. The predicted octanol–water partition coefficient (Wildman–Crippen LogP) is 2.60. The Kier molecular flexibility index (Phi) is 7.72. The normalized spacial score (nSPS) is 12.9. The van der Waals surface area contributed by atoms with Gasteiger partial charge < -0.3 is 9.84 Å². The van der Waals surface area contributed by atoms with Crippen molar-refractivity contribution in [2.45, 2.75) is 39.3 Å². The molecule has 1 aromatic carbocycles. The number of aryl methyl sites for hydroxylation is 1. The van der Waals surface area contributed by atoms with Gasteiger partial charge in [0.1, 0.15) is 0 Å². The van der Waals surface area contributed by atoms with E-state index in [0.717, 1.165) is 39.1 Å². The van der Waals surface area contributed by atoms with Crippen LogP contribution in [0, 0.1) is 6.92 Å². The van der Waals surface area contributed by atoms with Crippen molar-refractivity contribution in [3.8, 4) is 0 Å². The van der Waals surface area contributed by atoms with Gasteiger partial charge in [0.05, 0.1) is 6.10 Å². The molecule has 0 spiro atoms. The maximum atomic E-state index is 9.86. The van der Waals surface area contributed by atoms with Gasteiger partial charge in [0.15, 0.2) is 0 Å². The maximum absolute atomic E-state index is 9.86. The third kappa shape index (κ3) is 6.19. The van der Waals surface area contributed by atoms with Gasteiger partial charge in [-0.25, -0.2) is 0 Å². The first-order valence-corrected chi connectivity index (χ1v) is 7.11. The number of aliphatic hydroxyl groups is 1. The minimum Gasteiger partial charge on any atom is -0.392 e. The van der Waals surface area contributed by atoms with E-state index in [2.05, 4.69) is 36.1 Å². The van der Waals surface area contributed by atoms with Crippen LogP contribution < -0.4 is 0 Å². The van der Waals surface area contributed by atoms with Crippen LogP contribution in [0.25, 0.3) is 0 Å². The minimum atomic E-state index is -0.244. The van der Waals surface area contributed by atoms with E-state index < -0.39 is 0 Å². The third-order valence-electron chi connectivity index (χ3n) is 3.42. The molecule has 0 saturated heterocycles. The number of nitrogens with zero attached hydrogens (tertiary/aromatic N) is 1. The van der Waals surface area contributed by atoms with Crippen molar-refractivity contribution < 1.29 is 9.84 Å². The largest absolute Gasteiger partial charge is 0.392 e. The standard InChI is InChI=1S/C16H27NO2/c1-4-16(18)13-17(10-7-11-19-3)12-15-9-6-5-8-14(15)2/h5-6,8-9,16,18H,4,7,10-13H2,1-3H3. The Morgan fingerprint density at radius 3 is 2.68 bits per heavy atom. The fourth-order valence-corrected chi connectivity index (χ4v) is 2.12. The van der Waals surface area contributed by atoms with Crippen molar-refractivity contribution in [1.82, 2.24) is 4.90 Å². The molecule has 0 bridgehead atoms. The van der Waals surface area contributed by atoms with E-state index in [1.165, 1.54) is 11.1 Å². The molecule has 0 aliphatic rings. The smallest absolute Gasteiger partial charge is 0.0664 e. The first-order valence-electron chi connectivity index (χ1n) is 7.11. The van der Waals surface area contributed by atoms with E-state index >= 15 is 0 Å². The highest BCUT2D eigenvalue weighted by atomic mass is 16.5. The number of hydrogen-bond acceptors (Lipinski definition) is 3. The topological polar surface area (TPSA) is 32.7 Å². The Morgan fingerprint density at radius 2 is 2.05 bits per heavy atom. The number of methoxy groups -OCH3 is 1. The van der Waals surface area contributed by atoms with Crippen molar-refractivity contribution in [3.05, 3.63) is 35.4 Å². The van der Waals surface area contributed by atoms with Crippen molar-refractivity contribution in [3.63, 3.8) is 0 Å². The second kappa shape index (κ2) is 9.08. The number of rotatable bonds is 9. The molecule has 1 aromatic rings. The molecule has 1 atom stereocenters. The molecule has 0 radical (unpaired) electrons. The van der Waals surface area contributed by atoms with Gasteiger partial charge in [-0.15, -0.1) is 0 Å². The lowest BCUT2D eigenvalue weighted by molar-refractivity contribution is 0.0967. The lowest BCUT2D eigenvalue weighted by atomic mass is 10.1. The van der Waals surface area contributed by atoms with E-state index in [1.807, 2.05) is 6.92 Å². The molecule has 1 unspecified atom stereocenters. The summed E-state index contributed by atoms with van der Waals surface area (Å²) < 4.78 is 5.11. The van der Waals surface area contributed by atoms with Gasteiger partial charge in [0, 0.05) is 33.4 Å². The fourth-order valence-electron chi connectivity index (χ4n) is 2.12. The van der Waals surface area contributed by atoms with E-state index in [1.54, 1.807) is 7.11 Å². The second-order valence-electron chi connectivity index (χ2n) is 5.07. The average Bonchev–Trinajstić information content (AvgIpc) is 2.41. The monoisotopic (exact) mass is 265 g/mol. The molecule has 0 saturated carbocycles. The Morgan fingerprint density at radius 1 is 1.32 bits per heavy atom. The van der Waals surface area contributed by atoms with Crippen LogP contribution in [0.15, 0.2) is 24.3 Å². The first kappa shape index (κ1) is 16.2. The molecule has 108 valence electrons. The van der Waals surface area contributed by atoms with E-state index in [0.29, 0.717) is 0 Å². The van der Waals surface area contributed by atoms with E-state index in [9.17, 15) is 5.11 Å². The Balaban J connectivity index is 2.59. The average molecular weight is 265 g/mol. The minimum absolute atomic E-state index is 0.244. The Bertz CT molecular complexity index is 354. The molecule has 3 nitrogen and oxygen atoms in total. The number of ether oxygens (including phenoxy) is 1. The molecule has 0 aromatic heterocycles. The summed E-state index contributed by atoms with van der Waals surface area (Å²) in [4.78, 5) is 2.32. The van der Waals surface area contributed by atoms with E-state index in [4.69, 9.17) is 4.74 Å². The van der Waals surface area contributed by atoms with Crippen molar-refractivity contribution in [2.75, 3.05) is 26.8 Å². The quantitative estimate of drug-likeness (QED) is 0.697. The van der Waals surface area contributed by atoms with Gasteiger partial charge in [-0.3, -0.25) is 4.90 Å². The first-order chi connectivity index (χ1) is 9.17. The summed E-state index contributed by atoms with van der Waals surface area (Å²) in [7, 11) is 1.73. The third-order valence-corrected chi connectivity index (χ3v) is 3.42. The highest BCUT2D eigenvalue weighted by Gasteiger charge is 2.11. The number of aliphatic hydroxyl groups excluding tert-OH is 1. The number of benzene rings is 1. The van der Waals surface area contributed by atoms with Crippen LogP contribution in [-0.4, -0.2) is 42.9 Å². The van der Waals surface area contributed by atoms with Crippen LogP contribution in [0.2, 0.25) is 0 Å². The van der Waals surface area contributed by atoms with Gasteiger partial charge in [-0.2, -0.15) is 0 Å². The lowest BCUT2D eigenvalue weighted by Crippen LogP contribution is -2.33. The van der Waals surface area contributed by atoms with Crippen LogP contribution >= 0.6 is 0 Å². The highest BCUT2D eigenvalue weighted by Crippen LogP contribution is 2.11. The summed E-state index contributed by atoms with van der Waals surface area (Å²) in [5.74, 6) is 0. The SMILES string of the molecule is CCC(O)CN(CCCOC)Cc1ccccc1C. The molecular weight excluding hydrogens is 238 g/mol. The summed E-state index contributed by atoms with van der Waals surface area (Å²) in [6, 6.07) is 8.44. The van der Waals surface area contributed by atoms with E-state index in [-0.39, 0.29) is 6.10 Å². The highest BCUT2D eigenvalue weighted by molar-refractivity contribution is 5.25. The summed E-state index contributed by atoms with van der Waals surface area (Å²) in [5.41, 5.74) is 2.65. The lowest BCUT2D eigenvalue weighted by Gasteiger charge is -2.25. The van der Waals surface area contributed by atoms with Gasteiger partial charge >= 0.3 is 0 Å². The zero-order valence-corrected chi connectivity index (χ0v) is 12.4. The molecular formula is C16H27NO2.